The molecule has 1 amide bonds. The van der Waals surface area contributed by atoms with Crippen LogP contribution in [0.15, 0.2) is 47.6 Å². The Balaban J connectivity index is 1.61. The van der Waals surface area contributed by atoms with Gasteiger partial charge in [0.25, 0.3) is 5.69 Å². The van der Waals surface area contributed by atoms with Crippen molar-refractivity contribution in [2.24, 2.45) is 7.05 Å². The van der Waals surface area contributed by atoms with Crippen molar-refractivity contribution in [2.75, 3.05) is 11.1 Å². The topological polar surface area (TPSA) is 112 Å². The number of benzene rings is 2. The highest BCUT2D eigenvalue weighted by Gasteiger charge is 2.19. The van der Waals surface area contributed by atoms with Crippen molar-refractivity contribution in [1.82, 2.24) is 14.8 Å². The lowest BCUT2D eigenvalue weighted by atomic mass is 10.3. The number of nitrogens with zero attached hydrogens (tertiary/aromatic N) is 4. The molecule has 12 heteroatoms. The fourth-order valence-electron chi connectivity index (χ4n) is 2.64. The molecule has 1 aromatic heterocycles. The third-order valence-corrected chi connectivity index (χ3v) is 5.69. The molecule has 3 aromatic rings. The Morgan fingerprint density at radius 1 is 1.29 bits per heavy atom. The minimum atomic E-state index is -0.561. The third kappa shape index (κ3) is 5.87. The molecule has 1 heterocycles. The number of amides is 1. The average molecular weight is 482 g/mol. The summed E-state index contributed by atoms with van der Waals surface area (Å²) in [5.41, 5.74) is 0.00246. The molecule has 0 bridgehead atoms. The normalized spacial score (nSPS) is 11.7. The first-order valence-electron chi connectivity index (χ1n) is 8.92. The number of thioether (sulfide) groups is 1. The van der Waals surface area contributed by atoms with Gasteiger partial charge in [0.05, 0.1) is 21.4 Å². The zero-order valence-corrected chi connectivity index (χ0v) is 18.7. The van der Waals surface area contributed by atoms with Gasteiger partial charge in [-0.3, -0.25) is 14.9 Å². The Labute approximate surface area is 191 Å². The fourth-order valence-corrected chi connectivity index (χ4v) is 3.71. The minimum absolute atomic E-state index is 0.00846. The number of aromatic nitrogens is 3. The molecule has 162 valence electrons. The van der Waals surface area contributed by atoms with Crippen LogP contribution in [0.5, 0.6) is 5.75 Å². The zero-order valence-electron chi connectivity index (χ0n) is 16.4. The Morgan fingerprint density at radius 3 is 2.77 bits per heavy atom. The summed E-state index contributed by atoms with van der Waals surface area (Å²) in [5, 5.41) is 23.0. The number of nitro benzene ring substituents is 1. The molecular formula is C19H17Cl2N5O4S. The number of non-ortho nitro benzene ring substituents is 1. The van der Waals surface area contributed by atoms with Crippen molar-refractivity contribution in [3.63, 3.8) is 0 Å². The van der Waals surface area contributed by atoms with E-state index in [9.17, 15) is 14.9 Å². The Morgan fingerprint density at radius 2 is 2.06 bits per heavy atom. The number of rotatable bonds is 8. The molecule has 0 spiro atoms. The van der Waals surface area contributed by atoms with E-state index in [4.69, 9.17) is 27.9 Å². The van der Waals surface area contributed by atoms with Gasteiger partial charge in [0.15, 0.2) is 17.1 Å². The first-order chi connectivity index (χ1) is 14.7. The quantitative estimate of drug-likeness (QED) is 0.276. The number of carbonyl (C=O) groups is 1. The second-order valence-corrected chi connectivity index (χ2v) is 8.16. The molecular weight excluding hydrogens is 465 g/mol. The monoisotopic (exact) mass is 481 g/mol. The molecule has 0 aliphatic rings. The van der Waals surface area contributed by atoms with E-state index in [0.29, 0.717) is 21.8 Å². The van der Waals surface area contributed by atoms with Crippen molar-refractivity contribution in [2.45, 2.75) is 18.2 Å². The standard InChI is InChI=1S/C19H17Cl2N5O4S/c1-11(30-14-5-3-4-12(20)8-14)18-23-24-19(25(18)2)31-10-17(27)22-16-9-13(26(28)29)6-7-15(16)21/h3-9,11H,10H2,1-2H3,(H,22,27). The van der Waals surface area contributed by atoms with Crippen molar-refractivity contribution in [1.29, 1.82) is 0 Å². The predicted octanol–water partition coefficient (Wildman–Crippen LogP) is 4.90. The maximum absolute atomic E-state index is 12.3. The van der Waals surface area contributed by atoms with E-state index in [1.54, 1.807) is 35.9 Å². The SMILES string of the molecule is CC(Oc1cccc(Cl)c1)c1nnc(SCC(=O)Nc2cc([N+](=O)[O-])ccc2Cl)n1C. The molecule has 1 unspecified atom stereocenters. The van der Waals surface area contributed by atoms with E-state index < -0.39 is 11.0 Å². The number of nitrogens with one attached hydrogen (secondary N) is 1. The first-order valence-corrected chi connectivity index (χ1v) is 10.7. The van der Waals surface area contributed by atoms with Crippen LogP contribution in [0.3, 0.4) is 0 Å². The lowest BCUT2D eigenvalue weighted by Crippen LogP contribution is -2.15. The summed E-state index contributed by atoms with van der Waals surface area (Å²) in [6.45, 7) is 1.83. The summed E-state index contributed by atoms with van der Waals surface area (Å²) in [4.78, 5) is 22.6. The molecule has 31 heavy (non-hydrogen) atoms. The van der Waals surface area contributed by atoms with E-state index in [0.717, 1.165) is 11.8 Å². The molecule has 1 atom stereocenters. The lowest BCUT2D eigenvalue weighted by Gasteiger charge is -2.14. The largest absolute Gasteiger partial charge is 0.483 e. The molecule has 0 aliphatic heterocycles. The Hall–Kier alpha value is -2.82. The summed E-state index contributed by atoms with van der Waals surface area (Å²) < 4.78 is 7.59. The molecule has 9 nitrogen and oxygen atoms in total. The summed E-state index contributed by atoms with van der Waals surface area (Å²) in [5.74, 6) is 0.796. The smallest absolute Gasteiger partial charge is 0.271 e. The second kappa shape index (κ2) is 9.99. The third-order valence-electron chi connectivity index (χ3n) is 4.11. The molecule has 3 rings (SSSR count). The molecule has 0 saturated carbocycles. The molecule has 0 aliphatic carbocycles. The highest BCUT2D eigenvalue weighted by atomic mass is 35.5. The number of ether oxygens (including phenoxy) is 1. The van der Waals surface area contributed by atoms with Crippen molar-refractivity contribution >= 4 is 52.2 Å². The highest BCUT2D eigenvalue weighted by molar-refractivity contribution is 7.99. The second-order valence-electron chi connectivity index (χ2n) is 6.38. The number of halogens is 2. The van der Waals surface area contributed by atoms with Gasteiger partial charge in [0, 0.05) is 24.2 Å². The average Bonchev–Trinajstić information content (AvgIpc) is 3.08. The molecule has 0 fully saturated rings. The van der Waals surface area contributed by atoms with Crippen molar-refractivity contribution in [3.8, 4) is 5.75 Å². The Bertz CT molecular complexity index is 1120. The predicted molar refractivity (Wildman–Crippen MR) is 119 cm³/mol. The van der Waals surface area contributed by atoms with Gasteiger partial charge in [0.2, 0.25) is 5.91 Å². The van der Waals surface area contributed by atoms with Crippen LogP contribution in [0.25, 0.3) is 0 Å². The summed E-state index contributed by atoms with van der Waals surface area (Å²) >= 11 is 13.1. The maximum atomic E-state index is 12.3. The molecule has 2 aromatic carbocycles. The minimum Gasteiger partial charge on any atom is -0.483 e. The molecule has 1 N–H and O–H groups in total. The van der Waals surface area contributed by atoms with Crippen LogP contribution in [0.4, 0.5) is 11.4 Å². The molecule has 0 radical (unpaired) electrons. The van der Waals surface area contributed by atoms with Gasteiger partial charge in [-0.05, 0) is 31.2 Å². The maximum Gasteiger partial charge on any atom is 0.271 e. The van der Waals surface area contributed by atoms with Gasteiger partial charge in [0.1, 0.15) is 5.75 Å². The van der Waals surface area contributed by atoms with Crippen LogP contribution < -0.4 is 10.1 Å². The van der Waals surface area contributed by atoms with Crippen LogP contribution in [-0.2, 0) is 11.8 Å². The van der Waals surface area contributed by atoms with Crippen LogP contribution in [0, 0.1) is 10.1 Å². The van der Waals surface area contributed by atoms with E-state index in [1.807, 2.05) is 6.92 Å². The van der Waals surface area contributed by atoms with Gasteiger partial charge in [-0.15, -0.1) is 10.2 Å². The van der Waals surface area contributed by atoms with Crippen LogP contribution in [-0.4, -0.2) is 31.3 Å². The van der Waals surface area contributed by atoms with Gasteiger partial charge >= 0.3 is 0 Å². The summed E-state index contributed by atoms with van der Waals surface area (Å²) in [6.07, 6.45) is -0.400. The van der Waals surface area contributed by atoms with E-state index in [-0.39, 0.29) is 28.1 Å². The molecule has 0 saturated heterocycles. The summed E-state index contributed by atoms with van der Waals surface area (Å²) in [6, 6.07) is 10.9. The van der Waals surface area contributed by atoms with Crippen molar-refractivity contribution < 1.29 is 14.5 Å². The van der Waals surface area contributed by atoms with Gasteiger partial charge < -0.3 is 14.6 Å². The van der Waals surface area contributed by atoms with Crippen molar-refractivity contribution in [3.05, 3.63) is 68.4 Å². The van der Waals surface area contributed by atoms with Gasteiger partial charge in [-0.2, -0.15) is 0 Å². The van der Waals surface area contributed by atoms with Crippen LogP contribution >= 0.6 is 35.0 Å². The van der Waals surface area contributed by atoms with Gasteiger partial charge in [-0.25, -0.2) is 0 Å². The highest BCUT2D eigenvalue weighted by Crippen LogP contribution is 2.28. The van der Waals surface area contributed by atoms with Gasteiger partial charge in [-0.1, -0.05) is 41.0 Å². The number of nitro groups is 1. The zero-order chi connectivity index (χ0) is 22.5. The first kappa shape index (κ1) is 22.9. The number of carbonyl (C=O) groups excluding carboxylic acids is 1. The van der Waals surface area contributed by atoms with E-state index in [2.05, 4.69) is 15.5 Å². The van der Waals surface area contributed by atoms with E-state index in [1.165, 1.54) is 18.2 Å². The Kier molecular flexibility index (Phi) is 7.37. The van der Waals surface area contributed by atoms with Crippen LogP contribution in [0.1, 0.15) is 18.9 Å². The lowest BCUT2D eigenvalue weighted by molar-refractivity contribution is -0.384. The number of hydrogen-bond acceptors (Lipinski definition) is 7. The number of anilines is 1. The fraction of sp³-hybridized carbons (Fsp3) is 0.211. The summed E-state index contributed by atoms with van der Waals surface area (Å²) in [7, 11) is 1.77. The van der Waals surface area contributed by atoms with E-state index >= 15 is 0 Å². The van der Waals surface area contributed by atoms with Crippen LogP contribution in [0.2, 0.25) is 10.0 Å². The number of hydrogen-bond donors (Lipinski definition) is 1.